The number of rotatable bonds is 7. The fraction of sp³-hybridized carbons (Fsp3) is 0.480. The molecule has 0 aromatic heterocycles. The lowest BCUT2D eigenvalue weighted by atomic mass is 10.0. The molecule has 2 aliphatic rings. The van der Waals surface area contributed by atoms with Gasteiger partial charge >= 0.3 is 0 Å². The van der Waals surface area contributed by atoms with Crippen LogP contribution in [0.15, 0.2) is 60.7 Å². The topological polar surface area (TPSA) is 26.8 Å². The number of benzene rings is 2. The van der Waals surface area contributed by atoms with Crippen molar-refractivity contribution in [1.82, 2.24) is 14.7 Å². The molecule has 0 bridgehead atoms. The molecule has 4 nitrogen and oxygen atoms in total. The Bertz CT molecular complexity index is 779. The summed E-state index contributed by atoms with van der Waals surface area (Å²) in [4.78, 5) is 20.5. The Morgan fingerprint density at radius 3 is 2.27 bits per heavy atom. The fourth-order valence-corrected chi connectivity index (χ4v) is 4.84. The van der Waals surface area contributed by atoms with Gasteiger partial charge in [-0.25, -0.2) is 0 Å². The van der Waals surface area contributed by atoms with Crippen molar-refractivity contribution in [3.63, 3.8) is 0 Å². The van der Waals surface area contributed by atoms with E-state index in [0.29, 0.717) is 0 Å². The van der Waals surface area contributed by atoms with Gasteiger partial charge in [-0.1, -0.05) is 60.7 Å². The van der Waals surface area contributed by atoms with Crippen molar-refractivity contribution in [2.45, 2.75) is 44.3 Å². The molecule has 2 aromatic carbocycles. The summed E-state index contributed by atoms with van der Waals surface area (Å²) in [5.41, 5.74) is 2.52. The highest BCUT2D eigenvalue weighted by Gasteiger charge is 2.35. The van der Waals surface area contributed by atoms with Crippen LogP contribution in [0.25, 0.3) is 0 Å². The van der Waals surface area contributed by atoms with Crippen LogP contribution in [0, 0.1) is 0 Å². The molecule has 2 aliphatic heterocycles. The number of carbonyl (C=O) groups excluding carboxylic acids is 1. The van der Waals surface area contributed by atoms with Crippen LogP contribution in [0.1, 0.15) is 42.9 Å². The monoisotopic (exact) mass is 425 g/mol. The van der Waals surface area contributed by atoms with E-state index in [9.17, 15) is 4.79 Å². The van der Waals surface area contributed by atoms with Crippen molar-refractivity contribution in [2.75, 3.05) is 33.2 Å². The zero-order valence-electron chi connectivity index (χ0n) is 18.0. The Hall–Kier alpha value is -1.82. The second-order valence-corrected chi connectivity index (χ2v) is 8.50. The van der Waals surface area contributed by atoms with E-state index in [1.54, 1.807) is 0 Å². The first-order valence-corrected chi connectivity index (χ1v) is 11.0. The van der Waals surface area contributed by atoms with Gasteiger partial charge in [-0.15, -0.1) is 0 Å². The van der Waals surface area contributed by atoms with E-state index in [4.69, 9.17) is 0 Å². The summed E-state index contributed by atoms with van der Waals surface area (Å²) < 4.78 is 0. The quantitative estimate of drug-likeness (QED) is 0.669. The largest absolute Gasteiger partial charge is 0.336 e. The minimum absolute atomic E-state index is 0. The van der Waals surface area contributed by atoms with Crippen LogP contribution in [-0.2, 0) is 11.3 Å². The molecule has 0 radical (unpaired) electrons. The van der Waals surface area contributed by atoms with Gasteiger partial charge in [-0.2, -0.15) is 13.5 Å². The Labute approximate surface area is 188 Å². The first-order valence-electron chi connectivity index (χ1n) is 11.0. The molecular formula is C25H35N3OS. The van der Waals surface area contributed by atoms with Crippen LogP contribution in [0.2, 0.25) is 0 Å². The predicted molar refractivity (Wildman–Crippen MR) is 128 cm³/mol. The Morgan fingerprint density at radius 2 is 1.60 bits per heavy atom. The van der Waals surface area contributed by atoms with Crippen molar-refractivity contribution >= 4 is 19.4 Å². The molecule has 2 atom stereocenters. The van der Waals surface area contributed by atoms with Crippen LogP contribution < -0.4 is 0 Å². The van der Waals surface area contributed by atoms with E-state index in [-0.39, 0.29) is 31.5 Å². The number of likely N-dealkylation sites (N-methyl/N-ethyl adjacent to an activating group) is 1. The number of nitrogens with zero attached hydrogens (tertiary/aromatic N) is 3. The molecule has 0 spiro atoms. The summed E-state index contributed by atoms with van der Waals surface area (Å²) in [6.07, 6.45) is 4.60. The average molecular weight is 426 g/mol. The normalized spacial score (nSPS) is 20.6. The molecule has 1 amide bonds. The average Bonchev–Trinajstić information content (AvgIpc) is 3.44. The van der Waals surface area contributed by atoms with Gasteiger partial charge in [0, 0.05) is 20.1 Å². The first kappa shape index (κ1) is 22.9. The van der Waals surface area contributed by atoms with E-state index < -0.39 is 0 Å². The number of likely N-dealkylation sites (tertiary alicyclic amines) is 2. The number of amides is 1. The molecule has 0 saturated carbocycles. The molecule has 162 valence electrons. The Balaban J connectivity index is 0.00000256. The highest BCUT2D eigenvalue weighted by molar-refractivity contribution is 7.59. The summed E-state index contributed by atoms with van der Waals surface area (Å²) in [7, 11) is 2.01. The summed E-state index contributed by atoms with van der Waals surface area (Å²) >= 11 is 0. The van der Waals surface area contributed by atoms with Crippen LogP contribution in [-0.4, -0.2) is 59.9 Å². The standard InChI is InChI=1S/C25H33N3O.H2S/c1-26(24(20-27-16-8-9-17-27)22-13-6-3-7-14-22)25(29)23-15-10-18-28(23)19-21-11-4-2-5-12-21;/h2-7,11-14,23-24H,8-10,15-20H2,1H3;1H2/t23?,24-;/m1./s1. The first-order chi connectivity index (χ1) is 14.2. The smallest absolute Gasteiger partial charge is 0.240 e. The number of carbonyl (C=O) groups is 1. The van der Waals surface area contributed by atoms with Gasteiger partial charge in [-0.3, -0.25) is 9.69 Å². The lowest BCUT2D eigenvalue weighted by molar-refractivity contribution is -0.137. The van der Waals surface area contributed by atoms with Crippen molar-refractivity contribution in [1.29, 1.82) is 0 Å². The third-order valence-corrected chi connectivity index (χ3v) is 6.51. The summed E-state index contributed by atoms with van der Waals surface area (Å²) in [5, 5.41) is 0. The lowest BCUT2D eigenvalue weighted by Crippen LogP contribution is -2.47. The van der Waals surface area contributed by atoms with E-state index in [0.717, 1.165) is 45.6 Å². The van der Waals surface area contributed by atoms with Crippen molar-refractivity contribution in [3.8, 4) is 0 Å². The van der Waals surface area contributed by atoms with Crippen LogP contribution in [0.3, 0.4) is 0 Å². The fourth-order valence-electron chi connectivity index (χ4n) is 4.84. The molecule has 5 heteroatoms. The van der Waals surface area contributed by atoms with Gasteiger partial charge in [0.25, 0.3) is 0 Å². The SMILES string of the molecule is CN(C(=O)C1CCCN1Cc1ccccc1)[C@H](CN1CCCC1)c1ccccc1.S. The highest BCUT2D eigenvalue weighted by atomic mass is 32.1. The second-order valence-electron chi connectivity index (χ2n) is 8.50. The van der Waals surface area contributed by atoms with Gasteiger partial charge in [0.15, 0.2) is 0 Å². The van der Waals surface area contributed by atoms with Crippen molar-refractivity contribution < 1.29 is 4.79 Å². The molecule has 2 aromatic rings. The van der Waals surface area contributed by atoms with Gasteiger partial charge in [0.05, 0.1) is 12.1 Å². The molecule has 2 saturated heterocycles. The van der Waals surface area contributed by atoms with Gasteiger partial charge in [0.1, 0.15) is 0 Å². The highest BCUT2D eigenvalue weighted by Crippen LogP contribution is 2.27. The van der Waals surface area contributed by atoms with E-state index in [1.165, 1.54) is 24.0 Å². The van der Waals surface area contributed by atoms with Crippen molar-refractivity contribution in [3.05, 3.63) is 71.8 Å². The summed E-state index contributed by atoms with van der Waals surface area (Å²) in [6, 6.07) is 21.2. The van der Waals surface area contributed by atoms with E-state index in [2.05, 4.69) is 64.4 Å². The van der Waals surface area contributed by atoms with Gasteiger partial charge in [-0.05, 0) is 56.4 Å². The molecule has 0 N–H and O–H groups in total. The third-order valence-electron chi connectivity index (χ3n) is 6.51. The van der Waals surface area contributed by atoms with Crippen LogP contribution in [0.4, 0.5) is 0 Å². The summed E-state index contributed by atoms with van der Waals surface area (Å²) in [6.45, 7) is 5.08. The summed E-state index contributed by atoms with van der Waals surface area (Å²) in [5.74, 6) is 0.270. The Morgan fingerprint density at radius 1 is 0.967 bits per heavy atom. The van der Waals surface area contributed by atoms with Crippen LogP contribution in [0.5, 0.6) is 0 Å². The minimum Gasteiger partial charge on any atom is -0.336 e. The molecule has 2 fully saturated rings. The molecule has 4 rings (SSSR count). The zero-order valence-corrected chi connectivity index (χ0v) is 19.0. The maximum absolute atomic E-state index is 13.6. The maximum atomic E-state index is 13.6. The van der Waals surface area contributed by atoms with Gasteiger partial charge < -0.3 is 9.80 Å². The molecule has 0 aliphatic carbocycles. The van der Waals surface area contributed by atoms with E-state index >= 15 is 0 Å². The zero-order chi connectivity index (χ0) is 20.1. The van der Waals surface area contributed by atoms with E-state index in [1.807, 2.05) is 18.0 Å². The third kappa shape index (κ3) is 5.45. The van der Waals surface area contributed by atoms with Gasteiger partial charge in [0.2, 0.25) is 5.91 Å². The number of hydrogen-bond acceptors (Lipinski definition) is 3. The second kappa shape index (κ2) is 11.0. The lowest BCUT2D eigenvalue weighted by Gasteiger charge is -2.35. The molecular weight excluding hydrogens is 390 g/mol. The molecule has 2 heterocycles. The predicted octanol–water partition coefficient (Wildman–Crippen LogP) is 4.06. The minimum atomic E-state index is -0.00926. The number of hydrogen-bond donors (Lipinski definition) is 0. The van der Waals surface area contributed by atoms with Crippen molar-refractivity contribution in [2.24, 2.45) is 0 Å². The maximum Gasteiger partial charge on any atom is 0.240 e. The Kier molecular flexibility index (Phi) is 8.37. The van der Waals surface area contributed by atoms with Crippen LogP contribution >= 0.6 is 13.5 Å². The molecule has 30 heavy (non-hydrogen) atoms. The molecule has 1 unspecified atom stereocenters.